The zero-order chi connectivity index (χ0) is 26.2. The van der Waals surface area contributed by atoms with E-state index in [4.69, 9.17) is 14.2 Å². The van der Waals surface area contributed by atoms with Crippen LogP contribution in [-0.4, -0.2) is 69.1 Å². The second-order valence-corrected chi connectivity index (χ2v) is 8.93. The summed E-state index contributed by atoms with van der Waals surface area (Å²) in [6.07, 6.45) is 1.63. The van der Waals surface area contributed by atoms with Crippen LogP contribution in [0.3, 0.4) is 0 Å². The van der Waals surface area contributed by atoms with Crippen LogP contribution in [-0.2, 0) is 16.0 Å². The summed E-state index contributed by atoms with van der Waals surface area (Å²) in [7, 11) is 4.53. The Morgan fingerprint density at radius 3 is 2.06 bits per heavy atom. The van der Waals surface area contributed by atoms with Crippen LogP contribution < -0.4 is 24.8 Å². The molecule has 0 saturated carbocycles. The summed E-state index contributed by atoms with van der Waals surface area (Å²) in [4.78, 5) is 39.6. The van der Waals surface area contributed by atoms with Gasteiger partial charge in [-0.05, 0) is 37.5 Å². The van der Waals surface area contributed by atoms with E-state index in [0.717, 1.165) is 11.1 Å². The lowest BCUT2D eigenvalue weighted by Crippen LogP contribution is -2.53. The van der Waals surface area contributed by atoms with Gasteiger partial charge in [-0.1, -0.05) is 29.8 Å². The highest BCUT2D eigenvalue weighted by Gasteiger charge is 2.28. The fraction of sp³-hybridized carbons (Fsp3) is 0.444. The lowest BCUT2D eigenvalue weighted by Gasteiger charge is -2.33. The van der Waals surface area contributed by atoms with Crippen molar-refractivity contribution < 1.29 is 28.6 Å². The van der Waals surface area contributed by atoms with E-state index in [9.17, 15) is 14.4 Å². The molecule has 1 atom stereocenters. The van der Waals surface area contributed by atoms with Crippen LogP contribution in [0.4, 0.5) is 0 Å². The molecule has 9 heteroatoms. The first kappa shape index (κ1) is 26.8. The molecular formula is C27H35N3O6. The topological polar surface area (TPSA) is 106 Å². The average Bonchev–Trinajstić information content (AvgIpc) is 2.88. The monoisotopic (exact) mass is 497 g/mol. The number of hydrogen-bond donors (Lipinski definition) is 2. The van der Waals surface area contributed by atoms with E-state index in [1.807, 2.05) is 31.2 Å². The van der Waals surface area contributed by atoms with Gasteiger partial charge in [0.1, 0.15) is 6.04 Å². The van der Waals surface area contributed by atoms with Gasteiger partial charge in [-0.15, -0.1) is 0 Å². The maximum Gasteiger partial charge on any atom is 0.254 e. The molecule has 0 spiro atoms. The van der Waals surface area contributed by atoms with Crippen LogP contribution in [0.1, 0.15) is 41.3 Å². The molecule has 1 heterocycles. The molecule has 2 aromatic rings. The minimum Gasteiger partial charge on any atom is -0.493 e. The second-order valence-electron chi connectivity index (χ2n) is 8.93. The van der Waals surface area contributed by atoms with Crippen LogP contribution in [0.2, 0.25) is 0 Å². The van der Waals surface area contributed by atoms with E-state index in [-0.39, 0.29) is 23.8 Å². The van der Waals surface area contributed by atoms with Crippen LogP contribution in [0, 0.1) is 6.92 Å². The molecule has 0 radical (unpaired) electrons. The Morgan fingerprint density at radius 2 is 1.56 bits per heavy atom. The SMILES string of the molecule is COc1cc(C(=O)N2CCC(NC(=O)[C@@H](Cc3ccc(C)cc3)NC(C)=O)CC2)cc(OC)c1OC. The van der Waals surface area contributed by atoms with Crippen molar-refractivity contribution in [1.82, 2.24) is 15.5 Å². The van der Waals surface area contributed by atoms with Gasteiger partial charge in [0.2, 0.25) is 17.6 Å². The standard InChI is InChI=1S/C27H35N3O6/c1-17-6-8-19(9-7-17)14-22(28-18(2)31)26(32)29-21-10-12-30(13-11-21)27(33)20-15-23(34-3)25(36-5)24(16-20)35-4/h6-9,15-16,21-22H,10-14H2,1-5H3,(H,28,31)(H,29,32)/t22-/m1/s1. The van der Waals surface area contributed by atoms with E-state index in [2.05, 4.69) is 10.6 Å². The number of ether oxygens (including phenoxy) is 3. The molecule has 0 bridgehead atoms. The van der Waals surface area contributed by atoms with Crippen molar-refractivity contribution in [3.05, 3.63) is 53.1 Å². The zero-order valence-corrected chi connectivity index (χ0v) is 21.6. The Hall–Kier alpha value is -3.75. The molecule has 0 aromatic heterocycles. The summed E-state index contributed by atoms with van der Waals surface area (Å²) in [5.74, 6) is 0.639. The maximum absolute atomic E-state index is 13.2. The quantitative estimate of drug-likeness (QED) is 0.552. The highest BCUT2D eigenvalue weighted by atomic mass is 16.5. The Balaban J connectivity index is 1.61. The number of hydrogen-bond acceptors (Lipinski definition) is 6. The van der Waals surface area contributed by atoms with Gasteiger partial charge in [0.15, 0.2) is 11.5 Å². The number of piperidine rings is 1. The van der Waals surface area contributed by atoms with Crippen molar-refractivity contribution in [2.45, 2.75) is 45.2 Å². The van der Waals surface area contributed by atoms with Crippen molar-refractivity contribution in [2.75, 3.05) is 34.4 Å². The molecule has 1 aliphatic rings. The number of carbonyl (C=O) groups excluding carboxylic acids is 3. The number of amides is 3. The molecule has 2 N–H and O–H groups in total. The molecule has 9 nitrogen and oxygen atoms in total. The number of carbonyl (C=O) groups is 3. The molecule has 2 aromatic carbocycles. The minimum atomic E-state index is -0.663. The van der Waals surface area contributed by atoms with E-state index >= 15 is 0 Å². The number of nitrogens with one attached hydrogen (secondary N) is 2. The lowest BCUT2D eigenvalue weighted by atomic mass is 10.0. The Labute approximate surface area is 212 Å². The Bertz CT molecular complexity index is 1050. The van der Waals surface area contributed by atoms with Crippen molar-refractivity contribution in [1.29, 1.82) is 0 Å². The first-order valence-electron chi connectivity index (χ1n) is 12.0. The fourth-order valence-electron chi connectivity index (χ4n) is 4.33. The van der Waals surface area contributed by atoms with Gasteiger partial charge in [0, 0.05) is 38.0 Å². The van der Waals surface area contributed by atoms with E-state index in [0.29, 0.717) is 55.2 Å². The van der Waals surface area contributed by atoms with E-state index in [1.54, 1.807) is 17.0 Å². The first-order valence-corrected chi connectivity index (χ1v) is 12.0. The predicted molar refractivity (Wildman–Crippen MR) is 136 cm³/mol. The third-order valence-electron chi connectivity index (χ3n) is 6.29. The van der Waals surface area contributed by atoms with Gasteiger partial charge < -0.3 is 29.7 Å². The number of benzene rings is 2. The summed E-state index contributed by atoms with van der Waals surface area (Å²) < 4.78 is 16.1. The van der Waals surface area contributed by atoms with Crippen molar-refractivity contribution in [3.8, 4) is 17.2 Å². The number of nitrogens with zero attached hydrogens (tertiary/aromatic N) is 1. The third-order valence-corrected chi connectivity index (χ3v) is 6.29. The van der Waals surface area contributed by atoms with Gasteiger partial charge in [-0.25, -0.2) is 0 Å². The minimum absolute atomic E-state index is 0.0873. The number of likely N-dealkylation sites (tertiary alicyclic amines) is 1. The third kappa shape index (κ3) is 6.68. The number of rotatable bonds is 9. The lowest BCUT2D eigenvalue weighted by molar-refractivity contribution is -0.128. The van der Waals surface area contributed by atoms with Crippen molar-refractivity contribution >= 4 is 17.7 Å². The molecule has 3 amide bonds. The van der Waals surface area contributed by atoms with Gasteiger partial charge >= 0.3 is 0 Å². The molecule has 3 rings (SSSR count). The summed E-state index contributed by atoms with van der Waals surface area (Å²) in [5.41, 5.74) is 2.54. The number of aryl methyl sites for hydroxylation is 1. The summed E-state index contributed by atoms with van der Waals surface area (Å²) in [6, 6.07) is 10.4. The van der Waals surface area contributed by atoms with Crippen molar-refractivity contribution in [3.63, 3.8) is 0 Å². The molecule has 1 fully saturated rings. The van der Waals surface area contributed by atoms with Crippen LogP contribution in [0.15, 0.2) is 36.4 Å². The summed E-state index contributed by atoms with van der Waals surface area (Å²) in [6.45, 7) is 4.38. The second kappa shape index (κ2) is 12.3. The zero-order valence-electron chi connectivity index (χ0n) is 21.6. The molecule has 1 aliphatic heterocycles. The van der Waals surface area contributed by atoms with Gasteiger partial charge in [-0.3, -0.25) is 14.4 Å². The molecule has 0 unspecified atom stereocenters. The molecule has 194 valence electrons. The van der Waals surface area contributed by atoms with Crippen molar-refractivity contribution in [2.24, 2.45) is 0 Å². The highest BCUT2D eigenvalue weighted by Crippen LogP contribution is 2.38. The van der Waals surface area contributed by atoms with Crippen LogP contribution >= 0.6 is 0 Å². The Morgan fingerprint density at radius 1 is 0.972 bits per heavy atom. The van der Waals surface area contributed by atoms with Crippen LogP contribution in [0.5, 0.6) is 17.2 Å². The van der Waals surface area contributed by atoms with E-state index < -0.39 is 6.04 Å². The fourth-order valence-corrected chi connectivity index (χ4v) is 4.33. The largest absolute Gasteiger partial charge is 0.493 e. The van der Waals surface area contributed by atoms with Crippen LogP contribution in [0.25, 0.3) is 0 Å². The average molecular weight is 498 g/mol. The number of methoxy groups -OCH3 is 3. The Kier molecular flexibility index (Phi) is 9.16. The smallest absolute Gasteiger partial charge is 0.254 e. The highest BCUT2D eigenvalue weighted by molar-refractivity contribution is 5.95. The molecular weight excluding hydrogens is 462 g/mol. The van der Waals surface area contributed by atoms with Gasteiger partial charge in [0.25, 0.3) is 5.91 Å². The summed E-state index contributed by atoms with van der Waals surface area (Å²) in [5, 5.41) is 5.82. The molecule has 0 aliphatic carbocycles. The maximum atomic E-state index is 13.2. The molecule has 1 saturated heterocycles. The van der Waals surface area contributed by atoms with E-state index in [1.165, 1.54) is 28.3 Å². The van der Waals surface area contributed by atoms with Gasteiger partial charge in [0.05, 0.1) is 21.3 Å². The normalized spacial score (nSPS) is 14.5. The van der Waals surface area contributed by atoms with Gasteiger partial charge in [-0.2, -0.15) is 0 Å². The molecule has 36 heavy (non-hydrogen) atoms. The first-order chi connectivity index (χ1) is 17.2. The predicted octanol–water partition coefficient (Wildman–Crippen LogP) is 2.49. The summed E-state index contributed by atoms with van der Waals surface area (Å²) >= 11 is 0.